The van der Waals surface area contributed by atoms with Crippen molar-refractivity contribution < 1.29 is 9.84 Å². The first-order chi connectivity index (χ1) is 12.5. The average Bonchev–Trinajstić information content (AvgIpc) is 2.64. The Hall–Kier alpha value is -1.51. The zero-order valence-corrected chi connectivity index (χ0v) is 18.9. The van der Waals surface area contributed by atoms with Crippen LogP contribution in [0.15, 0.2) is 47.5 Å². The fourth-order valence-electron chi connectivity index (χ4n) is 2.54. The van der Waals surface area contributed by atoms with Crippen molar-refractivity contribution in [3.8, 4) is 5.75 Å². The van der Waals surface area contributed by atoms with E-state index in [4.69, 9.17) is 16.3 Å². The van der Waals surface area contributed by atoms with Crippen LogP contribution in [0.3, 0.4) is 0 Å². The quantitative estimate of drug-likeness (QED) is 0.303. The molecule has 0 aliphatic carbocycles. The average molecular weight is 504 g/mol. The molecule has 5 nitrogen and oxygen atoms in total. The van der Waals surface area contributed by atoms with Gasteiger partial charge in [0.2, 0.25) is 0 Å². The zero-order chi connectivity index (χ0) is 18.9. The first kappa shape index (κ1) is 23.5. The number of rotatable bonds is 7. The monoisotopic (exact) mass is 503 g/mol. The molecule has 0 radical (unpaired) electrons. The number of aliphatic hydroxyl groups excluding tert-OH is 1. The lowest BCUT2D eigenvalue weighted by Gasteiger charge is -2.16. The number of guanidine groups is 1. The van der Waals surface area contributed by atoms with E-state index in [1.165, 1.54) is 0 Å². The summed E-state index contributed by atoms with van der Waals surface area (Å²) < 4.78 is 5.42. The minimum absolute atomic E-state index is 0. The van der Waals surface area contributed by atoms with Crippen molar-refractivity contribution in [1.82, 2.24) is 10.6 Å². The lowest BCUT2D eigenvalue weighted by atomic mass is 10.1. The highest BCUT2D eigenvalue weighted by atomic mass is 127. The molecule has 0 amide bonds. The van der Waals surface area contributed by atoms with E-state index in [0.29, 0.717) is 29.6 Å². The Morgan fingerprint density at radius 3 is 2.63 bits per heavy atom. The van der Waals surface area contributed by atoms with Crippen LogP contribution < -0.4 is 15.4 Å². The van der Waals surface area contributed by atoms with Gasteiger partial charge in [-0.1, -0.05) is 41.9 Å². The number of hydrogen-bond donors (Lipinski definition) is 3. The molecule has 3 N–H and O–H groups in total. The van der Waals surface area contributed by atoms with Crippen molar-refractivity contribution in [2.75, 3.05) is 20.2 Å². The number of methoxy groups -OCH3 is 1. The molecule has 148 valence electrons. The second-order valence-corrected chi connectivity index (χ2v) is 6.34. The Balaban J connectivity index is 0.00000364. The van der Waals surface area contributed by atoms with Gasteiger partial charge in [0, 0.05) is 29.2 Å². The standard InChI is InChI=1S/C20H26ClN3O2.HI/c1-4-22-20(23-12-15-10-9-14(2)11-19(15)26-3)24-13-18(25)16-7-5-6-8-17(16)21;/h5-11,18,25H,4,12-13H2,1-3H3,(H2,22,23,24);1H. The van der Waals surface area contributed by atoms with Crippen LogP contribution in [0.4, 0.5) is 0 Å². The number of nitrogens with one attached hydrogen (secondary N) is 2. The molecule has 0 fully saturated rings. The molecular weight excluding hydrogens is 477 g/mol. The summed E-state index contributed by atoms with van der Waals surface area (Å²) >= 11 is 6.14. The molecule has 27 heavy (non-hydrogen) atoms. The summed E-state index contributed by atoms with van der Waals surface area (Å²) in [5.74, 6) is 1.45. The van der Waals surface area contributed by atoms with Gasteiger partial charge in [-0.15, -0.1) is 24.0 Å². The van der Waals surface area contributed by atoms with Gasteiger partial charge >= 0.3 is 0 Å². The molecule has 0 aliphatic heterocycles. The topological polar surface area (TPSA) is 65.9 Å². The Kier molecular flexibility index (Phi) is 10.5. The smallest absolute Gasteiger partial charge is 0.191 e. The first-order valence-electron chi connectivity index (χ1n) is 8.63. The Bertz CT molecular complexity index is 756. The molecule has 1 atom stereocenters. The number of hydrogen-bond acceptors (Lipinski definition) is 3. The second kappa shape index (κ2) is 12.0. The predicted molar refractivity (Wildman–Crippen MR) is 122 cm³/mol. The molecule has 0 heterocycles. The lowest BCUT2D eigenvalue weighted by molar-refractivity contribution is 0.181. The largest absolute Gasteiger partial charge is 0.496 e. The minimum Gasteiger partial charge on any atom is -0.496 e. The van der Waals surface area contributed by atoms with Crippen LogP contribution in [0.5, 0.6) is 5.75 Å². The summed E-state index contributed by atoms with van der Waals surface area (Å²) in [6.45, 7) is 5.52. The van der Waals surface area contributed by atoms with Gasteiger partial charge in [0.15, 0.2) is 5.96 Å². The molecule has 1 unspecified atom stereocenters. The summed E-state index contributed by atoms with van der Waals surface area (Å²) in [6, 6.07) is 13.3. The molecule has 0 spiro atoms. The van der Waals surface area contributed by atoms with E-state index in [2.05, 4.69) is 15.6 Å². The number of nitrogens with zero attached hydrogens (tertiary/aromatic N) is 1. The van der Waals surface area contributed by atoms with Crippen molar-refractivity contribution in [3.05, 3.63) is 64.2 Å². The van der Waals surface area contributed by atoms with Crippen LogP contribution in [0.25, 0.3) is 0 Å². The van der Waals surface area contributed by atoms with Gasteiger partial charge in [-0.3, -0.25) is 0 Å². The molecule has 0 saturated carbocycles. The second-order valence-electron chi connectivity index (χ2n) is 5.93. The third-order valence-corrected chi connectivity index (χ3v) is 4.27. The van der Waals surface area contributed by atoms with E-state index >= 15 is 0 Å². The van der Waals surface area contributed by atoms with Crippen molar-refractivity contribution in [1.29, 1.82) is 0 Å². The minimum atomic E-state index is -0.721. The fraction of sp³-hybridized carbons (Fsp3) is 0.350. The molecular formula is C20H27ClIN3O2. The number of aryl methyl sites for hydroxylation is 1. The maximum Gasteiger partial charge on any atom is 0.191 e. The number of aliphatic imine (C=N–C) groups is 1. The lowest BCUT2D eigenvalue weighted by Crippen LogP contribution is -2.39. The highest BCUT2D eigenvalue weighted by molar-refractivity contribution is 14.0. The van der Waals surface area contributed by atoms with E-state index in [-0.39, 0.29) is 24.0 Å². The van der Waals surface area contributed by atoms with Gasteiger partial charge in [0.25, 0.3) is 0 Å². The van der Waals surface area contributed by atoms with Crippen LogP contribution >= 0.6 is 35.6 Å². The van der Waals surface area contributed by atoms with E-state index in [0.717, 1.165) is 23.4 Å². The molecule has 2 rings (SSSR count). The van der Waals surface area contributed by atoms with Gasteiger partial charge in [0.1, 0.15) is 5.75 Å². The Morgan fingerprint density at radius 1 is 1.22 bits per heavy atom. The van der Waals surface area contributed by atoms with Crippen LogP contribution in [0.1, 0.15) is 29.7 Å². The number of ether oxygens (including phenoxy) is 1. The van der Waals surface area contributed by atoms with Crippen molar-refractivity contribution in [2.45, 2.75) is 26.5 Å². The van der Waals surface area contributed by atoms with Gasteiger partial charge in [-0.05, 0) is 31.5 Å². The van der Waals surface area contributed by atoms with Crippen molar-refractivity contribution >= 4 is 41.5 Å². The van der Waals surface area contributed by atoms with Crippen molar-refractivity contribution in [3.63, 3.8) is 0 Å². The summed E-state index contributed by atoms with van der Waals surface area (Å²) in [4.78, 5) is 4.58. The SMILES string of the molecule is CCNC(=NCc1ccc(C)cc1OC)NCC(O)c1ccccc1Cl.I. The summed E-state index contributed by atoms with van der Waals surface area (Å²) in [5, 5.41) is 17.2. The van der Waals surface area contributed by atoms with E-state index in [9.17, 15) is 5.11 Å². The molecule has 7 heteroatoms. The van der Waals surface area contributed by atoms with E-state index < -0.39 is 6.10 Å². The van der Waals surface area contributed by atoms with E-state index in [1.807, 2.05) is 50.2 Å². The predicted octanol–water partition coefficient (Wildman–Crippen LogP) is 4.06. The van der Waals surface area contributed by atoms with Crippen LogP contribution in [0.2, 0.25) is 5.02 Å². The van der Waals surface area contributed by atoms with Crippen LogP contribution in [0, 0.1) is 6.92 Å². The van der Waals surface area contributed by atoms with Crippen molar-refractivity contribution in [2.24, 2.45) is 4.99 Å². The van der Waals surface area contributed by atoms with Gasteiger partial charge in [0.05, 0.1) is 19.8 Å². The summed E-state index contributed by atoms with van der Waals surface area (Å²) in [7, 11) is 1.66. The molecule has 0 aromatic heterocycles. The summed E-state index contributed by atoms with van der Waals surface area (Å²) in [5.41, 5.74) is 2.84. The maximum atomic E-state index is 10.4. The first-order valence-corrected chi connectivity index (χ1v) is 9.01. The van der Waals surface area contributed by atoms with Gasteiger partial charge < -0.3 is 20.5 Å². The number of benzene rings is 2. The molecule has 2 aromatic rings. The van der Waals surface area contributed by atoms with E-state index in [1.54, 1.807) is 13.2 Å². The number of aliphatic hydroxyl groups is 1. The highest BCUT2D eigenvalue weighted by Gasteiger charge is 2.12. The summed E-state index contributed by atoms with van der Waals surface area (Å²) in [6.07, 6.45) is -0.721. The maximum absolute atomic E-state index is 10.4. The molecule has 0 saturated heterocycles. The number of halogens is 2. The van der Waals surface area contributed by atoms with Crippen LogP contribution in [-0.2, 0) is 6.54 Å². The van der Waals surface area contributed by atoms with Gasteiger partial charge in [-0.25, -0.2) is 4.99 Å². The highest BCUT2D eigenvalue weighted by Crippen LogP contribution is 2.22. The van der Waals surface area contributed by atoms with Crippen LogP contribution in [-0.4, -0.2) is 31.3 Å². The normalized spacial score (nSPS) is 12.1. The third kappa shape index (κ3) is 7.20. The molecule has 0 aliphatic rings. The Morgan fingerprint density at radius 2 is 1.96 bits per heavy atom. The molecule has 0 bridgehead atoms. The Labute approximate surface area is 183 Å². The fourth-order valence-corrected chi connectivity index (χ4v) is 2.80. The zero-order valence-electron chi connectivity index (χ0n) is 15.8. The van der Waals surface area contributed by atoms with Gasteiger partial charge in [-0.2, -0.15) is 0 Å². The molecule has 2 aromatic carbocycles. The third-order valence-electron chi connectivity index (χ3n) is 3.92.